The van der Waals surface area contributed by atoms with E-state index in [1.807, 2.05) is 6.92 Å². The van der Waals surface area contributed by atoms with Crippen molar-refractivity contribution in [2.75, 3.05) is 0 Å². The molecular weight excluding hydrogens is 234 g/mol. The van der Waals surface area contributed by atoms with Gasteiger partial charge in [0.15, 0.2) is 0 Å². The van der Waals surface area contributed by atoms with Gasteiger partial charge in [-0.25, -0.2) is 0 Å². The van der Waals surface area contributed by atoms with Crippen LogP contribution in [0.15, 0.2) is 18.2 Å². The van der Waals surface area contributed by atoms with Crippen molar-refractivity contribution in [2.45, 2.75) is 38.8 Å². The van der Waals surface area contributed by atoms with Gasteiger partial charge in [0.05, 0.1) is 0 Å². The Morgan fingerprint density at radius 2 is 2.06 bits per heavy atom. The summed E-state index contributed by atoms with van der Waals surface area (Å²) < 4.78 is 0. The number of aliphatic carboxylic acids is 1. The minimum atomic E-state index is -1.01. The maximum atomic E-state index is 11.2. The molecule has 1 unspecified atom stereocenters. The molecule has 0 spiro atoms. The van der Waals surface area contributed by atoms with Gasteiger partial charge in [0.1, 0.15) is 17.0 Å². The fourth-order valence-corrected chi connectivity index (χ4v) is 1.76. The monoisotopic (exact) mass is 253 g/mol. The van der Waals surface area contributed by atoms with Gasteiger partial charge in [0.25, 0.3) is 0 Å². The second kappa shape index (κ2) is 5.73. The zero-order valence-corrected chi connectivity index (χ0v) is 10.6. The largest absolute Gasteiger partial charge is 0.508 e. The number of carbonyl (C=O) groups is 1. The lowest BCUT2D eigenvalue weighted by atomic mass is 9.96. The molecule has 0 radical (unpaired) electrons. The Hall–Kier alpha value is -1.75. The highest BCUT2D eigenvalue weighted by Gasteiger charge is 2.31. The summed E-state index contributed by atoms with van der Waals surface area (Å²) in [5.74, 6) is -0.986. The molecule has 0 saturated carbocycles. The zero-order valence-electron chi connectivity index (χ0n) is 10.6. The van der Waals surface area contributed by atoms with Gasteiger partial charge in [0.2, 0.25) is 0 Å². The summed E-state index contributed by atoms with van der Waals surface area (Å²) in [5.41, 5.74) is -0.463. The first-order valence-electron chi connectivity index (χ1n) is 5.88. The molecule has 0 bridgehead atoms. The second-order valence-corrected chi connectivity index (χ2v) is 4.55. The van der Waals surface area contributed by atoms with Crippen LogP contribution in [-0.2, 0) is 11.3 Å². The van der Waals surface area contributed by atoms with E-state index < -0.39 is 11.5 Å². The summed E-state index contributed by atoms with van der Waals surface area (Å²) >= 11 is 0. The first-order chi connectivity index (χ1) is 8.39. The number of carboxylic acids is 1. The quantitative estimate of drug-likeness (QED) is 0.621. The van der Waals surface area contributed by atoms with Crippen LogP contribution >= 0.6 is 0 Å². The van der Waals surface area contributed by atoms with Crippen LogP contribution in [0.3, 0.4) is 0 Å². The third-order valence-electron chi connectivity index (χ3n) is 2.96. The summed E-state index contributed by atoms with van der Waals surface area (Å²) in [4.78, 5) is 11.2. The van der Waals surface area contributed by atoms with Crippen LogP contribution in [0.4, 0.5) is 0 Å². The lowest BCUT2D eigenvalue weighted by Gasteiger charge is -2.26. The smallest absolute Gasteiger partial charge is 0.323 e. The highest BCUT2D eigenvalue weighted by atomic mass is 16.4. The molecule has 0 aliphatic carbocycles. The number of carboxylic acid groups (broad SMARTS) is 1. The van der Waals surface area contributed by atoms with Gasteiger partial charge in [-0.1, -0.05) is 19.4 Å². The van der Waals surface area contributed by atoms with E-state index in [0.29, 0.717) is 12.0 Å². The Labute approximate surface area is 106 Å². The summed E-state index contributed by atoms with van der Waals surface area (Å²) in [7, 11) is 0. The predicted octanol–water partition coefficient (Wildman–Crippen LogP) is 1.83. The number of phenolic OH excluding ortho intramolecular Hbond substituents is 2. The van der Waals surface area contributed by atoms with Gasteiger partial charge in [-0.15, -0.1) is 0 Å². The molecule has 0 heterocycles. The molecule has 0 fully saturated rings. The second-order valence-electron chi connectivity index (χ2n) is 4.55. The highest BCUT2D eigenvalue weighted by molar-refractivity contribution is 5.78. The summed E-state index contributed by atoms with van der Waals surface area (Å²) in [6, 6.07) is 4.25. The first kappa shape index (κ1) is 14.3. The van der Waals surface area contributed by atoms with Crippen molar-refractivity contribution in [1.82, 2.24) is 5.32 Å². The van der Waals surface area contributed by atoms with Crippen molar-refractivity contribution in [3.05, 3.63) is 23.8 Å². The standard InChI is InChI=1S/C13H19NO4/c1-3-6-13(2,12(17)18)14-8-9-4-5-10(15)7-11(9)16/h4-5,7,14-16H,3,6,8H2,1-2H3,(H,17,18). The maximum absolute atomic E-state index is 11.2. The van der Waals surface area contributed by atoms with E-state index in [-0.39, 0.29) is 18.0 Å². The van der Waals surface area contributed by atoms with Crippen molar-refractivity contribution >= 4 is 5.97 Å². The molecule has 0 amide bonds. The van der Waals surface area contributed by atoms with E-state index in [2.05, 4.69) is 5.32 Å². The van der Waals surface area contributed by atoms with E-state index in [1.54, 1.807) is 13.0 Å². The van der Waals surface area contributed by atoms with Crippen LogP contribution in [0, 0.1) is 0 Å². The van der Waals surface area contributed by atoms with Crippen LogP contribution in [0.5, 0.6) is 11.5 Å². The fourth-order valence-electron chi connectivity index (χ4n) is 1.76. The number of aromatic hydroxyl groups is 2. The molecule has 0 aliphatic rings. The van der Waals surface area contributed by atoms with Gasteiger partial charge in [-0.3, -0.25) is 10.1 Å². The minimum Gasteiger partial charge on any atom is -0.508 e. The lowest BCUT2D eigenvalue weighted by Crippen LogP contribution is -2.48. The Morgan fingerprint density at radius 1 is 1.39 bits per heavy atom. The van der Waals surface area contributed by atoms with E-state index in [4.69, 9.17) is 5.11 Å². The molecule has 18 heavy (non-hydrogen) atoms. The first-order valence-corrected chi connectivity index (χ1v) is 5.88. The average Bonchev–Trinajstić information content (AvgIpc) is 2.28. The van der Waals surface area contributed by atoms with E-state index in [9.17, 15) is 15.0 Å². The summed E-state index contributed by atoms with van der Waals surface area (Å²) in [6.45, 7) is 3.77. The van der Waals surface area contributed by atoms with E-state index >= 15 is 0 Å². The topological polar surface area (TPSA) is 89.8 Å². The molecule has 1 aromatic rings. The van der Waals surface area contributed by atoms with Crippen LogP contribution in [0.25, 0.3) is 0 Å². The van der Waals surface area contributed by atoms with Gasteiger partial charge in [-0.05, 0) is 19.4 Å². The van der Waals surface area contributed by atoms with Crippen LogP contribution in [-0.4, -0.2) is 26.8 Å². The summed E-state index contributed by atoms with van der Waals surface area (Å²) in [6.07, 6.45) is 1.25. The molecule has 1 aromatic carbocycles. The fraction of sp³-hybridized carbons (Fsp3) is 0.462. The highest BCUT2D eigenvalue weighted by Crippen LogP contribution is 2.23. The third-order valence-corrected chi connectivity index (χ3v) is 2.96. The van der Waals surface area contributed by atoms with Crippen LogP contribution in [0.1, 0.15) is 32.3 Å². The zero-order chi connectivity index (χ0) is 13.8. The average molecular weight is 253 g/mol. The van der Waals surface area contributed by atoms with Crippen LogP contribution in [0.2, 0.25) is 0 Å². The van der Waals surface area contributed by atoms with Crippen molar-refractivity contribution < 1.29 is 20.1 Å². The molecule has 5 nitrogen and oxygen atoms in total. The molecule has 1 atom stereocenters. The number of hydrogen-bond acceptors (Lipinski definition) is 4. The van der Waals surface area contributed by atoms with Crippen molar-refractivity contribution in [3.63, 3.8) is 0 Å². The normalized spacial score (nSPS) is 14.1. The van der Waals surface area contributed by atoms with Gasteiger partial charge in [0, 0.05) is 18.2 Å². The molecule has 100 valence electrons. The Bertz CT molecular complexity index is 433. The molecule has 5 heteroatoms. The van der Waals surface area contributed by atoms with Gasteiger partial charge >= 0.3 is 5.97 Å². The van der Waals surface area contributed by atoms with Crippen LogP contribution < -0.4 is 5.32 Å². The molecule has 1 rings (SSSR count). The summed E-state index contributed by atoms with van der Waals surface area (Å²) in [5, 5.41) is 30.9. The van der Waals surface area contributed by atoms with Gasteiger partial charge in [-0.2, -0.15) is 0 Å². The van der Waals surface area contributed by atoms with E-state index in [0.717, 1.165) is 6.42 Å². The predicted molar refractivity (Wildman–Crippen MR) is 67.6 cm³/mol. The lowest BCUT2D eigenvalue weighted by molar-refractivity contribution is -0.144. The van der Waals surface area contributed by atoms with Crippen molar-refractivity contribution in [1.29, 1.82) is 0 Å². The Balaban J connectivity index is 2.76. The molecule has 0 saturated heterocycles. The van der Waals surface area contributed by atoms with Gasteiger partial charge < -0.3 is 15.3 Å². The number of phenols is 2. The minimum absolute atomic E-state index is 0.0224. The maximum Gasteiger partial charge on any atom is 0.323 e. The van der Waals surface area contributed by atoms with E-state index in [1.165, 1.54) is 12.1 Å². The number of benzene rings is 1. The molecule has 0 aromatic heterocycles. The van der Waals surface area contributed by atoms with Crippen molar-refractivity contribution in [2.24, 2.45) is 0 Å². The molecule has 4 N–H and O–H groups in total. The Kier molecular flexibility index (Phi) is 4.55. The number of hydrogen-bond donors (Lipinski definition) is 4. The number of rotatable bonds is 6. The Morgan fingerprint density at radius 3 is 2.56 bits per heavy atom. The molecule has 0 aliphatic heterocycles. The number of nitrogens with one attached hydrogen (secondary N) is 1. The third kappa shape index (κ3) is 3.37. The SMILES string of the molecule is CCCC(C)(NCc1ccc(O)cc1O)C(=O)O. The van der Waals surface area contributed by atoms with Crippen molar-refractivity contribution in [3.8, 4) is 11.5 Å². The molecular formula is C13H19NO4.